The molecule has 0 aliphatic carbocycles. The lowest BCUT2D eigenvalue weighted by molar-refractivity contribution is -0.562. The average Bonchev–Trinajstić information content (AvgIpc) is 2.15. The third-order valence-electron chi connectivity index (χ3n) is 2.40. The van der Waals surface area contributed by atoms with Crippen molar-refractivity contribution < 1.29 is 9.85 Å². The highest BCUT2D eigenvalue weighted by Crippen LogP contribution is 2.33. The molecule has 8 heteroatoms. The van der Waals surface area contributed by atoms with Crippen molar-refractivity contribution in [3.05, 3.63) is 20.2 Å². The van der Waals surface area contributed by atoms with Crippen LogP contribution in [-0.2, 0) is 0 Å². The molecule has 8 nitrogen and oxygen atoms in total. The van der Waals surface area contributed by atoms with Crippen LogP contribution in [0.1, 0.15) is 20.8 Å². The molecule has 92 valence electrons. The van der Waals surface area contributed by atoms with Crippen LogP contribution in [0.3, 0.4) is 0 Å². The van der Waals surface area contributed by atoms with Gasteiger partial charge in [-0.15, -0.1) is 0 Å². The van der Waals surface area contributed by atoms with Gasteiger partial charge in [-0.3, -0.25) is 20.2 Å². The van der Waals surface area contributed by atoms with Gasteiger partial charge in [-0.25, -0.2) is 0 Å². The summed E-state index contributed by atoms with van der Waals surface area (Å²) >= 11 is 0. The Hall–Kier alpha value is -2.22. The molecule has 0 radical (unpaired) electrons. The van der Waals surface area contributed by atoms with Gasteiger partial charge in [0.25, 0.3) is 0 Å². The zero-order chi connectivity index (χ0) is 13.8. The monoisotopic (exact) mass is 240 g/mol. The Morgan fingerprint density at radius 2 is 1.29 bits per heavy atom. The molecule has 0 amide bonds. The predicted octanol–water partition coefficient (Wildman–Crippen LogP) is 0.986. The van der Waals surface area contributed by atoms with E-state index >= 15 is 0 Å². The molecule has 3 atom stereocenters. The smallest absolute Gasteiger partial charge is 0.263 e. The van der Waals surface area contributed by atoms with E-state index < -0.39 is 33.3 Å². The second-order valence-corrected chi connectivity index (χ2v) is 4.61. The van der Waals surface area contributed by atoms with Gasteiger partial charge in [0.2, 0.25) is 0 Å². The van der Waals surface area contributed by atoms with E-state index in [0.29, 0.717) is 0 Å². The molecule has 0 aromatic rings. The second-order valence-electron chi connectivity index (χ2n) is 4.61. The fourth-order valence-electron chi connectivity index (χ4n) is 1.64. The quantitative estimate of drug-likeness (QED) is 0.531. The van der Waals surface area contributed by atoms with E-state index in [4.69, 9.17) is 10.5 Å². The third-order valence-corrected chi connectivity index (χ3v) is 2.40. The van der Waals surface area contributed by atoms with Gasteiger partial charge in [0.05, 0.1) is 0 Å². The third kappa shape index (κ3) is 3.38. The van der Waals surface area contributed by atoms with Crippen molar-refractivity contribution in [3.63, 3.8) is 0 Å². The predicted molar refractivity (Wildman–Crippen MR) is 55.7 cm³/mol. The summed E-state index contributed by atoms with van der Waals surface area (Å²) in [6.45, 7) is 4.58. The number of hydrogen-bond donors (Lipinski definition) is 0. The molecular formula is C9H12N4O4. The number of nitro groups is 2. The van der Waals surface area contributed by atoms with Crippen LogP contribution in [0.4, 0.5) is 0 Å². The summed E-state index contributed by atoms with van der Waals surface area (Å²) in [4.78, 5) is 19.7. The van der Waals surface area contributed by atoms with Crippen molar-refractivity contribution >= 4 is 0 Å². The van der Waals surface area contributed by atoms with Crippen molar-refractivity contribution in [2.75, 3.05) is 0 Å². The summed E-state index contributed by atoms with van der Waals surface area (Å²) in [7, 11) is 0. The van der Waals surface area contributed by atoms with Crippen LogP contribution in [0.25, 0.3) is 0 Å². The molecule has 0 rings (SSSR count). The van der Waals surface area contributed by atoms with E-state index in [1.807, 2.05) is 0 Å². The van der Waals surface area contributed by atoms with Crippen molar-refractivity contribution in [1.82, 2.24) is 0 Å². The van der Waals surface area contributed by atoms with Gasteiger partial charge in [-0.05, 0) is 5.41 Å². The topological polar surface area (TPSA) is 134 Å². The molecule has 0 fully saturated rings. The Bertz CT molecular complexity index is 369. The summed E-state index contributed by atoms with van der Waals surface area (Å²) in [5.74, 6) is -1.28. The SMILES string of the molecule is CC(C)(C)C([C@@H](C#N)[N+](=O)[O-])[C@H](C#N)[N+](=O)[O-]. The highest BCUT2D eigenvalue weighted by molar-refractivity contribution is 5.03. The van der Waals surface area contributed by atoms with Gasteiger partial charge in [-0.1, -0.05) is 20.8 Å². The van der Waals surface area contributed by atoms with Gasteiger partial charge in [0, 0.05) is 9.85 Å². The number of rotatable bonds is 4. The van der Waals surface area contributed by atoms with Gasteiger partial charge in [-0.2, -0.15) is 10.5 Å². The maximum Gasteiger partial charge on any atom is 0.307 e. The number of nitriles is 2. The maximum atomic E-state index is 10.7. The normalized spacial score (nSPS) is 16.1. The van der Waals surface area contributed by atoms with Crippen molar-refractivity contribution in [2.45, 2.75) is 32.9 Å². The highest BCUT2D eigenvalue weighted by Gasteiger charge is 2.51. The number of hydrogen-bond acceptors (Lipinski definition) is 6. The average molecular weight is 240 g/mol. The molecule has 0 saturated carbocycles. The first-order chi connectivity index (χ1) is 7.66. The van der Waals surface area contributed by atoms with Crippen LogP contribution in [0, 0.1) is 54.2 Å². The summed E-state index contributed by atoms with van der Waals surface area (Å²) < 4.78 is 0. The van der Waals surface area contributed by atoms with E-state index in [1.165, 1.54) is 32.9 Å². The van der Waals surface area contributed by atoms with Crippen LogP contribution in [0.15, 0.2) is 0 Å². The molecule has 0 bridgehead atoms. The first-order valence-electron chi connectivity index (χ1n) is 4.73. The standard InChI is InChI=1S/C9H12N4O4/c1-9(2,3)8(6(4-10)12(14)15)7(5-11)13(16)17/h6-8H,1-3H3/t6-,7+,8?. The lowest BCUT2D eigenvalue weighted by Gasteiger charge is -2.28. The van der Waals surface area contributed by atoms with Crippen LogP contribution in [-0.4, -0.2) is 21.9 Å². The molecule has 1 unspecified atom stereocenters. The highest BCUT2D eigenvalue weighted by atomic mass is 16.6. The van der Waals surface area contributed by atoms with E-state index in [0.717, 1.165) is 0 Å². The Morgan fingerprint density at radius 3 is 1.41 bits per heavy atom. The molecule has 17 heavy (non-hydrogen) atoms. The lowest BCUT2D eigenvalue weighted by Crippen LogP contribution is -2.46. The van der Waals surface area contributed by atoms with Crippen molar-refractivity contribution in [3.8, 4) is 12.1 Å². The molecule has 0 aliphatic rings. The second kappa shape index (κ2) is 5.21. The van der Waals surface area contributed by atoms with Crippen LogP contribution in [0.5, 0.6) is 0 Å². The fourth-order valence-corrected chi connectivity index (χ4v) is 1.64. The van der Waals surface area contributed by atoms with Crippen LogP contribution >= 0.6 is 0 Å². The largest absolute Gasteiger partial charge is 0.307 e. The minimum Gasteiger partial charge on any atom is -0.263 e. The summed E-state index contributed by atoms with van der Waals surface area (Å²) in [6.07, 6.45) is 0. The van der Waals surface area contributed by atoms with Crippen molar-refractivity contribution in [2.24, 2.45) is 11.3 Å². The maximum absolute atomic E-state index is 10.7. The molecule has 0 spiro atoms. The Morgan fingerprint density at radius 1 is 1.00 bits per heavy atom. The van der Waals surface area contributed by atoms with E-state index in [9.17, 15) is 20.2 Å². The molecule has 0 heterocycles. The zero-order valence-corrected chi connectivity index (χ0v) is 9.65. The summed E-state index contributed by atoms with van der Waals surface area (Å²) in [6, 6.07) is -0.700. The molecule has 0 aliphatic heterocycles. The molecule has 0 aromatic carbocycles. The Labute approximate surface area is 97.7 Å². The minimum atomic E-state index is -1.77. The van der Waals surface area contributed by atoms with E-state index in [2.05, 4.69) is 0 Å². The van der Waals surface area contributed by atoms with E-state index in [1.54, 1.807) is 0 Å². The lowest BCUT2D eigenvalue weighted by atomic mass is 9.73. The number of nitrogens with zero attached hydrogens (tertiary/aromatic N) is 4. The van der Waals surface area contributed by atoms with Gasteiger partial charge in [0.15, 0.2) is 0 Å². The molecule has 0 aromatic heterocycles. The van der Waals surface area contributed by atoms with Gasteiger partial charge >= 0.3 is 12.1 Å². The van der Waals surface area contributed by atoms with Gasteiger partial charge in [0.1, 0.15) is 18.1 Å². The fraction of sp³-hybridized carbons (Fsp3) is 0.778. The first-order valence-corrected chi connectivity index (χ1v) is 4.73. The minimum absolute atomic E-state index is 0.885. The summed E-state index contributed by atoms with van der Waals surface area (Å²) in [5.41, 5.74) is -0.902. The first kappa shape index (κ1) is 14.8. The van der Waals surface area contributed by atoms with Crippen LogP contribution in [0.2, 0.25) is 0 Å². The van der Waals surface area contributed by atoms with Crippen LogP contribution < -0.4 is 0 Å². The molecule has 0 N–H and O–H groups in total. The van der Waals surface area contributed by atoms with Crippen molar-refractivity contribution in [1.29, 1.82) is 10.5 Å². The van der Waals surface area contributed by atoms with E-state index in [-0.39, 0.29) is 0 Å². The summed E-state index contributed by atoms with van der Waals surface area (Å²) in [5, 5.41) is 38.9. The zero-order valence-electron chi connectivity index (χ0n) is 9.65. The molecule has 0 saturated heterocycles. The Kier molecular flexibility index (Phi) is 4.53. The van der Waals surface area contributed by atoms with Gasteiger partial charge < -0.3 is 0 Å². The molecular weight excluding hydrogens is 228 g/mol. The Balaban J connectivity index is 5.60.